The van der Waals surface area contributed by atoms with Gasteiger partial charge in [-0.25, -0.2) is 8.42 Å². The third-order valence-corrected chi connectivity index (χ3v) is 6.71. The lowest BCUT2D eigenvalue weighted by atomic mass is 10.1. The zero-order valence-corrected chi connectivity index (χ0v) is 18.1. The van der Waals surface area contributed by atoms with Gasteiger partial charge >= 0.3 is 0 Å². The fourth-order valence-electron chi connectivity index (χ4n) is 2.88. The smallest absolute Gasteiger partial charge is 0.266 e. The molecule has 1 amide bonds. The number of amides is 1. The summed E-state index contributed by atoms with van der Waals surface area (Å²) in [5.74, 6) is -0.349. The van der Waals surface area contributed by atoms with Crippen LogP contribution in [-0.2, 0) is 21.4 Å². The number of hydrogen-bond donors (Lipinski definition) is 0. The first kappa shape index (κ1) is 22.0. The van der Waals surface area contributed by atoms with Gasteiger partial charge in [-0.15, -0.1) is 0 Å². The number of halogens is 1. The van der Waals surface area contributed by atoms with E-state index < -0.39 is 10.0 Å². The predicted octanol–water partition coefficient (Wildman–Crippen LogP) is 4.37. The Labute approximate surface area is 181 Å². The Morgan fingerprint density at radius 1 is 0.967 bits per heavy atom. The molecule has 0 aromatic heterocycles. The monoisotopic (exact) mass is 444 g/mol. The van der Waals surface area contributed by atoms with Crippen molar-refractivity contribution in [3.8, 4) is 0 Å². The Kier molecular flexibility index (Phi) is 6.89. The number of carbonyl (C=O) groups excluding carboxylic acids is 1. The molecule has 3 rings (SSSR count). The zero-order chi connectivity index (χ0) is 21.7. The Bertz CT molecular complexity index is 1120. The fraction of sp³-hybridized carbons (Fsp3) is 0.136. The first-order valence-corrected chi connectivity index (χ1v) is 10.9. The Balaban J connectivity index is 2.04. The highest BCUT2D eigenvalue weighted by atomic mass is 35.5. The Hall–Kier alpha value is -2.71. The Morgan fingerprint density at radius 2 is 1.57 bits per heavy atom. The van der Waals surface area contributed by atoms with E-state index in [-0.39, 0.29) is 21.4 Å². The number of para-hydroxylation sites is 1. The van der Waals surface area contributed by atoms with E-state index in [1.54, 1.807) is 4.90 Å². The van der Waals surface area contributed by atoms with Crippen molar-refractivity contribution in [2.24, 2.45) is 0 Å². The molecule has 6 nitrogen and oxygen atoms in total. The van der Waals surface area contributed by atoms with E-state index in [0.717, 1.165) is 5.56 Å². The summed E-state index contributed by atoms with van der Waals surface area (Å²) in [6.45, 7) is 0.326. The number of hydrogen-bond acceptors (Lipinski definition) is 4. The van der Waals surface area contributed by atoms with Crippen molar-refractivity contribution in [2.45, 2.75) is 11.4 Å². The molecule has 3 aromatic carbocycles. The van der Waals surface area contributed by atoms with Crippen LogP contribution in [0.3, 0.4) is 0 Å². The highest BCUT2D eigenvalue weighted by molar-refractivity contribution is 7.89. The number of nitrogens with zero attached hydrogens (tertiary/aromatic N) is 2. The van der Waals surface area contributed by atoms with Crippen LogP contribution in [0.2, 0.25) is 5.02 Å². The molecule has 0 N–H and O–H groups in total. The van der Waals surface area contributed by atoms with E-state index in [1.807, 2.05) is 60.7 Å². The molecular weight excluding hydrogens is 424 g/mol. The Morgan fingerprint density at radius 3 is 2.17 bits per heavy atom. The van der Waals surface area contributed by atoms with Gasteiger partial charge in [0.05, 0.1) is 18.7 Å². The van der Waals surface area contributed by atoms with E-state index >= 15 is 0 Å². The second-order valence-corrected chi connectivity index (χ2v) is 8.77. The minimum absolute atomic E-state index is 0.00442. The van der Waals surface area contributed by atoms with Crippen molar-refractivity contribution in [3.63, 3.8) is 0 Å². The van der Waals surface area contributed by atoms with Gasteiger partial charge < -0.3 is 4.90 Å². The molecule has 8 heteroatoms. The maximum atomic E-state index is 13.4. The number of carbonyl (C=O) groups is 1. The van der Waals surface area contributed by atoms with Crippen LogP contribution in [-0.4, -0.2) is 33.0 Å². The van der Waals surface area contributed by atoms with Crippen LogP contribution in [0.25, 0.3) is 0 Å². The predicted molar refractivity (Wildman–Crippen MR) is 117 cm³/mol. The first-order valence-electron chi connectivity index (χ1n) is 9.08. The summed E-state index contributed by atoms with van der Waals surface area (Å²) >= 11 is 6.13. The number of rotatable bonds is 7. The van der Waals surface area contributed by atoms with Gasteiger partial charge in [-0.3, -0.25) is 9.63 Å². The van der Waals surface area contributed by atoms with E-state index in [4.69, 9.17) is 16.4 Å². The van der Waals surface area contributed by atoms with Crippen molar-refractivity contribution >= 4 is 33.2 Å². The largest absolute Gasteiger partial charge is 0.304 e. The molecule has 0 atom stereocenters. The number of hydroxylamine groups is 1. The molecule has 0 aliphatic carbocycles. The zero-order valence-electron chi connectivity index (χ0n) is 16.5. The molecule has 0 spiro atoms. The minimum atomic E-state index is -4.02. The van der Waals surface area contributed by atoms with E-state index in [0.29, 0.717) is 16.7 Å². The van der Waals surface area contributed by atoms with Gasteiger partial charge in [0.2, 0.25) is 0 Å². The summed E-state index contributed by atoms with van der Waals surface area (Å²) in [4.78, 5) is 19.6. The quantitative estimate of drug-likeness (QED) is 0.507. The average Bonchev–Trinajstić information content (AvgIpc) is 2.78. The van der Waals surface area contributed by atoms with Crippen molar-refractivity contribution in [1.29, 1.82) is 0 Å². The summed E-state index contributed by atoms with van der Waals surface area (Å²) in [7, 11) is -1.53. The lowest BCUT2D eigenvalue weighted by Gasteiger charge is -2.24. The average molecular weight is 445 g/mol. The molecule has 0 fully saturated rings. The van der Waals surface area contributed by atoms with Crippen LogP contribution >= 0.6 is 11.6 Å². The summed E-state index contributed by atoms with van der Waals surface area (Å²) in [5, 5.41) is 0.00442. The number of sulfonamides is 1. The van der Waals surface area contributed by atoms with Crippen LogP contribution in [0, 0.1) is 0 Å². The van der Waals surface area contributed by atoms with Crippen LogP contribution in [0.4, 0.5) is 5.69 Å². The molecule has 0 bridgehead atoms. The summed E-state index contributed by atoms with van der Waals surface area (Å²) in [5.41, 5.74) is 1.83. The molecule has 0 unspecified atom stereocenters. The lowest BCUT2D eigenvalue weighted by Crippen LogP contribution is -2.31. The summed E-state index contributed by atoms with van der Waals surface area (Å²) in [6.07, 6.45) is 0. The highest BCUT2D eigenvalue weighted by Gasteiger charge is 2.26. The van der Waals surface area contributed by atoms with Crippen LogP contribution < -0.4 is 4.90 Å². The normalized spacial score (nSPS) is 11.5. The molecule has 0 aliphatic rings. The van der Waals surface area contributed by atoms with Crippen molar-refractivity contribution in [3.05, 3.63) is 95.0 Å². The third-order valence-electron chi connectivity index (χ3n) is 4.55. The van der Waals surface area contributed by atoms with Gasteiger partial charge in [0.15, 0.2) is 0 Å². The van der Waals surface area contributed by atoms with Gasteiger partial charge in [0.1, 0.15) is 4.90 Å². The van der Waals surface area contributed by atoms with Gasteiger partial charge in [0.25, 0.3) is 15.9 Å². The summed E-state index contributed by atoms with van der Waals surface area (Å²) < 4.78 is 26.1. The molecule has 0 heterocycles. The highest BCUT2D eigenvalue weighted by Crippen LogP contribution is 2.27. The van der Waals surface area contributed by atoms with Gasteiger partial charge in [0, 0.05) is 18.3 Å². The van der Waals surface area contributed by atoms with Crippen LogP contribution in [0.1, 0.15) is 15.9 Å². The van der Waals surface area contributed by atoms with Crippen LogP contribution in [0.15, 0.2) is 83.8 Å². The van der Waals surface area contributed by atoms with Gasteiger partial charge in [-0.1, -0.05) is 64.6 Å². The minimum Gasteiger partial charge on any atom is -0.304 e. The van der Waals surface area contributed by atoms with Gasteiger partial charge in [-0.05, 0) is 35.9 Å². The van der Waals surface area contributed by atoms with Crippen molar-refractivity contribution in [1.82, 2.24) is 4.47 Å². The first-order chi connectivity index (χ1) is 14.3. The fourth-order valence-corrected chi connectivity index (χ4v) is 4.35. The van der Waals surface area contributed by atoms with Crippen molar-refractivity contribution in [2.75, 3.05) is 19.1 Å². The van der Waals surface area contributed by atoms with Crippen molar-refractivity contribution < 1.29 is 18.0 Å². The molecule has 3 aromatic rings. The number of anilines is 1. The standard InChI is InChI=1S/C22H21ClN2O4S/c1-24(29-2)30(27,28)21-15-18(13-14-20(21)23)22(26)25(19-11-7-4-8-12-19)16-17-9-5-3-6-10-17/h3-15H,16H2,1-2H3. The molecule has 30 heavy (non-hydrogen) atoms. The summed E-state index contributed by atoms with van der Waals surface area (Å²) in [6, 6.07) is 22.9. The van der Waals surface area contributed by atoms with Crippen LogP contribution in [0.5, 0.6) is 0 Å². The molecular formula is C22H21ClN2O4S. The lowest BCUT2D eigenvalue weighted by molar-refractivity contribution is -0.0258. The third kappa shape index (κ3) is 4.71. The molecule has 0 saturated heterocycles. The topological polar surface area (TPSA) is 66.9 Å². The maximum absolute atomic E-state index is 13.4. The molecule has 0 saturated carbocycles. The molecule has 156 valence electrons. The maximum Gasteiger partial charge on any atom is 0.266 e. The number of benzene rings is 3. The molecule has 0 radical (unpaired) electrons. The van der Waals surface area contributed by atoms with E-state index in [1.165, 1.54) is 32.4 Å². The second kappa shape index (κ2) is 9.40. The van der Waals surface area contributed by atoms with E-state index in [9.17, 15) is 13.2 Å². The van der Waals surface area contributed by atoms with E-state index in [2.05, 4.69) is 0 Å². The second-order valence-electron chi connectivity index (χ2n) is 6.45. The molecule has 0 aliphatic heterocycles. The SMILES string of the molecule is CON(C)S(=O)(=O)c1cc(C(=O)N(Cc2ccccc2)c2ccccc2)ccc1Cl. The van der Waals surface area contributed by atoms with Gasteiger partial charge in [-0.2, -0.15) is 0 Å².